The van der Waals surface area contributed by atoms with E-state index in [1.807, 2.05) is 54.7 Å². The highest BCUT2D eigenvalue weighted by atomic mass is 16.6. The molecule has 0 bridgehead atoms. The normalized spacial score (nSPS) is 12.6. The van der Waals surface area contributed by atoms with E-state index >= 15 is 0 Å². The molecule has 1 atom stereocenters. The quantitative estimate of drug-likeness (QED) is 0.0199. The van der Waals surface area contributed by atoms with Crippen molar-refractivity contribution in [3.05, 3.63) is 72.9 Å². The maximum atomic E-state index is 12.8. The molecule has 0 aromatic carbocycles. The first-order valence-electron chi connectivity index (χ1n) is 26.5. The summed E-state index contributed by atoms with van der Waals surface area (Å²) >= 11 is 0. The average Bonchev–Trinajstić information content (AvgIpc) is 3.28. The molecule has 1 unspecified atom stereocenters. The lowest BCUT2D eigenvalue weighted by Crippen LogP contribution is -2.30. The molecule has 0 N–H and O–H groups in total. The highest BCUT2D eigenvalue weighted by molar-refractivity contribution is 5.71. The smallest absolute Gasteiger partial charge is 0.306 e. The number of allylic oxidation sites excluding steroid dienone is 12. The van der Waals surface area contributed by atoms with Crippen LogP contribution in [0.25, 0.3) is 0 Å². The number of ether oxygens (including phenoxy) is 3. The summed E-state index contributed by atoms with van der Waals surface area (Å²) in [4.78, 5) is 38.0. The summed E-state index contributed by atoms with van der Waals surface area (Å²) in [6.07, 6.45) is 64.7. The van der Waals surface area contributed by atoms with Crippen LogP contribution in [0.1, 0.15) is 252 Å². The largest absolute Gasteiger partial charge is 0.462 e. The van der Waals surface area contributed by atoms with E-state index in [0.29, 0.717) is 19.3 Å². The Balaban J connectivity index is 4.44. The van der Waals surface area contributed by atoms with Crippen molar-refractivity contribution in [3.63, 3.8) is 0 Å². The van der Waals surface area contributed by atoms with Gasteiger partial charge in [-0.05, 0) is 57.8 Å². The standard InChI is InChI=1S/C57H98O6/c1-4-7-10-13-16-19-22-25-27-28-30-32-35-38-41-44-47-50-56(59)62-53-54(52-61-55(58)49-46-43-40-37-34-31-24-21-18-15-12-9-6-3)63-57(60)51-48-45-42-39-36-33-29-26-23-20-17-14-11-8-5-2/h9,12,15,18,21,24-25,27,31,34,37,40,54H,4-8,10-11,13-14,16-17,19-20,22-23,26,28-30,32-33,35-36,38-39,41-53H2,1-3H3/b12-9+,18-15+,24-21+,27-25+,34-31+,40-37+. The Bertz CT molecular complexity index is 1190. The van der Waals surface area contributed by atoms with Gasteiger partial charge >= 0.3 is 17.9 Å². The van der Waals surface area contributed by atoms with Gasteiger partial charge in [-0.2, -0.15) is 0 Å². The van der Waals surface area contributed by atoms with E-state index in [-0.39, 0.29) is 37.5 Å². The van der Waals surface area contributed by atoms with Crippen LogP contribution in [0.5, 0.6) is 0 Å². The molecule has 0 fully saturated rings. The fourth-order valence-corrected chi connectivity index (χ4v) is 7.35. The van der Waals surface area contributed by atoms with Crippen LogP contribution in [-0.4, -0.2) is 37.2 Å². The minimum Gasteiger partial charge on any atom is -0.462 e. The van der Waals surface area contributed by atoms with E-state index in [2.05, 4.69) is 39.0 Å². The molecule has 0 spiro atoms. The second kappa shape index (κ2) is 51.5. The maximum absolute atomic E-state index is 12.8. The predicted octanol–water partition coefficient (Wildman–Crippen LogP) is 17.4. The third-order valence-corrected chi connectivity index (χ3v) is 11.3. The van der Waals surface area contributed by atoms with Crippen molar-refractivity contribution in [1.29, 1.82) is 0 Å². The number of carbonyl (C=O) groups excluding carboxylic acids is 3. The zero-order valence-corrected chi connectivity index (χ0v) is 41.3. The van der Waals surface area contributed by atoms with Crippen LogP contribution in [0, 0.1) is 0 Å². The van der Waals surface area contributed by atoms with Gasteiger partial charge in [-0.25, -0.2) is 0 Å². The number of rotatable bonds is 47. The molecule has 0 aromatic rings. The first kappa shape index (κ1) is 59.9. The van der Waals surface area contributed by atoms with Crippen molar-refractivity contribution in [3.8, 4) is 0 Å². The van der Waals surface area contributed by atoms with E-state index in [0.717, 1.165) is 51.4 Å². The summed E-state index contributed by atoms with van der Waals surface area (Å²) in [5.41, 5.74) is 0. The van der Waals surface area contributed by atoms with Gasteiger partial charge in [0.15, 0.2) is 6.10 Å². The Morgan fingerprint density at radius 2 is 0.651 bits per heavy atom. The first-order valence-corrected chi connectivity index (χ1v) is 26.5. The van der Waals surface area contributed by atoms with E-state index in [4.69, 9.17) is 14.2 Å². The van der Waals surface area contributed by atoms with Gasteiger partial charge in [0.05, 0.1) is 0 Å². The zero-order valence-electron chi connectivity index (χ0n) is 41.3. The lowest BCUT2D eigenvalue weighted by atomic mass is 10.0. The van der Waals surface area contributed by atoms with Crippen molar-refractivity contribution in [2.24, 2.45) is 0 Å². The minimum absolute atomic E-state index is 0.0983. The summed E-state index contributed by atoms with van der Waals surface area (Å²) in [5, 5.41) is 0. The molecule has 0 aliphatic carbocycles. The molecule has 0 saturated heterocycles. The highest BCUT2D eigenvalue weighted by Crippen LogP contribution is 2.15. The molecule has 0 amide bonds. The average molecular weight is 879 g/mol. The Kier molecular flexibility index (Phi) is 48.9. The molecular formula is C57H98O6. The summed E-state index contributed by atoms with van der Waals surface area (Å²) < 4.78 is 16.7. The van der Waals surface area contributed by atoms with Gasteiger partial charge in [0.25, 0.3) is 0 Å². The van der Waals surface area contributed by atoms with Gasteiger partial charge in [0.1, 0.15) is 13.2 Å². The van der Waals surface area contributed by atoms with Crippen LogP contribution >= 0.6 is 0 Å². The van der Waals surface area contributed by atoms with Crippen LogP contribution in [0.4, 0.5) is 0 Å². The Labute approximate surface area is 389 Å². The number of esters is 3. The van der Waals surface area contributed by atoms with Crippen molar-refractivity contribution in [1.82, 2.24) is 0 Å². The Morgan fingerprint density at radius 3 is 1.06 bits per heavy atom. The number of hydrogen-bond donors (Lipinski definition) is 0. The molecule has 63 heavy (non-hydrogen) atoms. The van der Waals surface area contributed by atoms with E-state index < -0.39 is 6.10 Å². The third kappa shape index (κ3) is 49.7. The van der Waals surface area contributed by atoms with E-state index in [1.165, 1.54) is 154 Å². The van der Waals surface area contributed by atoms with Gasteiger partial charge in [-0.3, -0.25) is 14.4 Å². The molecule has 6 nitrogen and oxygen atoms in total. The highest BCUT2D eigenvalue weighted by Gasteiger charge is 2.19. The van der Waals surface area contributed by atoms with Gasteiger partial charge in [0.2, 0.25) is 0 Å². The molecule has 362 valence electrons. The van der Waals surface area contributed by atoms with Gasteiger partial charge in [-0.15, -0.1) is 0 Å². The lowest BCUT2D eigenvalue weighted by Gasteiger charge is -2.18. The molecule has 6 heteroatoms. The number of carbonyl (C=O) groups is 3. The van der Waals surface area contributed by atoms with Gasteiger partial charge in [0, 0.05) is 19.3 Å². The molecular weight excluding hydrogens is 781 g/mol. The molecule has 0 heterocycles. The third-order valence-electron chi connectivity index (χ3n) is 11.3. The fourth-order valence-electron chi connectivity index (χ4n) is 7.35. The molecule has 0 aliphatic heterocycles. The molecule has 0 radical (unpaired) electrons. The molecule has 0 rings (SSSR count). The number of unbranched alkanes of at least 4 members (excludes halogenated alkanes) is 28. The molecule has 0 saturated carbocycles. The predicted molar refractivity (Wildman–Crippen MR) is 270 cm³/mol. The van der Waals surface area contributed by atoms with Crippen molar-refractivity contribution >= 4 is 17.9 Å². The van der Waals surface area contributed by atoms with Gasteiger partial charge < -0.3 is 14.2 Å². The second-order valence-electron chi connectivity index (χ2n) is 17.5. The molecule has 0 aliphatic rings. The summed E-state index contributed by atoms with van der Waals surface area (Å²) in [7, 11) is 0. The number of hydrogen-bond acceptors (Lipinski definition) is 6. The van der Waals surface area contributed by atoms with E-state index in [9.17, 15) is 14.4 Å². The van der Waals surface area contributed by atoms with Crippen LogP contribution in [-0.2, 0) is 28.6 Å². The topological polar surface area (TPSA) is 78.9 Å². The monoisotopic (exact) mass is 879 g/mol. The summed E-state index contributed by atoms with van der Waals surface area (Å²) in [6.45, 7) is 6.44. The SMILES string of the molecule is CC/C=C/C=C/C=C/C=C/C=C/CCCC(=O)OCC(COC(=O)CCCCCCCCC/C=C/CCCCCCCC)OC(=O)CCCCCCCCCCCCCCCCC. The second-order valence-corrected chi connectivity index (χ2v) is 17.5. The minimum atomic E-state index is -0.803. The van der Waals surface area contributed by atoms with Crippen molar-refractivity contribution < 1.29 is 28.6 Å². The van der Waals surface area contributed by atoms with Crippen molar-refractivity contribution in [2.75, 3.05) is 13.2 Å². The summed E-state index contributed by atoms with van der Waals surface area (Å²) in [6, 6.07) is 0. The maximum Gasteiger partial charge on any atom is 0.306 e. The van der Waals surface area contributed by atoms with Crippen LogP contribution in [0.2, 0.25) is 0 Å². The fraction of sp³-hybridized carbons (Fsp3) is 0.737. The Morgan fingerprint density at radius 1 is 0.333 bits per heavy atom. The summed E-state index contributed by atoms with van der Waals surface area (Å²) in [5.74, 6) is -0.974. The van der Waals surface area contributed by atoms with Crippen LogP contribution in [0.3, 0.4) is 0 Å². The van der Waals surface area contributed by atoms with Crippen molar-refractivity contribution in [2.45, 2.75) is 258 Å². The zero-order chi connectivity index (χ0) is 45.8. The lowest BCUT2D eigenvalue weighted by molar-refractivity contribution is -0.167. The first-order chi connectivity index (χ1) is 31.0. The van der Waals surface area contributed by atoms with Crippen LogP contribution in [0.15, 0.2) is 72.9 Å². The van der Waals surface area contributed by atoms with Gasteiger partial charge in [-0.1, -0.05) is 248 Å². The van der Waals surface area contributed by atoms with Crippen LogP contribution < -0.4 is 0 Å². The van der Waals surface area contributed by atoms with E-state index in [1.54, 1.807) is 0 Å². The Hall–Kier alpha value is -3.15. The molecule has 0 aromatic heterocycles.